The quantitative estimate of drug-likeness (QED) is 0.553. The van der Waals surface area contributed by atoms with E-state index in [1.54, 1.807) is 0 Å². The molecule has 0 amide bonds. The molecule has 150 valence electrons. The highest BCUT2D eigenvalue weighted by Gasteiger charge is 2.39. The highest BCUT2D eigenvalue weighted by Crippen LogP contribution is 2.31. The van der Waals surface area contributed by atoms with Crippen LogP contribution < -0.4 is 10.6 Å². The molecule has 0 spiro atoms. The van der Waals surface area contributed by atoms with E-state index in [1.807, 2.05) is 18.2 Å². The van der Waals surface area contributed by atoms with Gasteiger partial charge in [-0.25, -0.2) is 0 Å². The lowest BCUT2D eigenvalue weighted by Gasteiger charge is -2.43. The van der Waals surface area contributed by atoms with Crippen LogP contribution >= 0.6 is 11.6 Å². The van der Waals surface area contributed by atoms with Crippen molar-refractivity contribution in [2.45, 2.75) is 44.6 Å². The lowest BCUT2D eigenvalue weighted by Crippen LogP contribution is -2.54. The third kappa shape index (κ3) is 5.84. The van der Waals surface area contributed by atoms with Crippen molar-refractivity contribution < 1.29 is 4.74 Å². The molecule has 0 unspecified atom stereocenters. The Balaban J connectivity index is 1.59. The second-order valence-corrected chi connectivity index (χ2v) is 7.97. The van der Waals surface area contributed by atoms with Crippen LogP contribution in [-0.4, -0.2) is 62.3 Å². The molecule has 0 saturated carbocycles. The highest BCUT2D eigenvalue weighted by atomic mass is 35.5. The molecule has 2 saturated heterocycles. The lowest BCUT2D eigenvalue weighted by atomic mass is 9.88. The van der Waals surface area contributed by atoms with Crippen molar-refractivity contribution in [3.05, 3.63) is 34.9 Å². The van der Waals surface area contributed by atoms with Crippen molar-refractivity contribution in [2.75, 3.05) is 45.9 Å². The summed E-state index contributed by atoms with van der Waals surface area (Å²) in [5.41, 5.74) is 1.41. The Hall–Kier alpha value is -1.30. The minimum absolute atomic E-state index is 0.171. The Kier molecular flexibility index (Phi) is 7.80. The van der Waals surface area contributed by atoms with E-state index in [0.717, 1.165) is 63.1 Å². The fourth-order valence-corrected chi connectivity index (χ4v) is 4.32. The summed E-state index contributed by atoms with van der Waals surface area (Å²) >= 11 is 6.08. The summed E-state index contributed by atoms with van der Waals surface area (Å²) in [7, 11) is 0. The minimum atomic E-state index is 0.171. The first-order valence-corrected chi connectivity index (χ1v) is 10.7. The molecule has 0 radical (unpaired) electrons. The average molecular weight is 393 g/mol. The van der Waals surface area contributed by atoms with E-state index in [2.05, 4.69) is 28.5 Å². The Labute approximate surface area is 168 Å². The molecule has 2 aliphatic heterocycles. The summed E-state index contributed by atoms with van der Waals surface area (Å²) in [5.74, 6) is 0.907. The number of halogens is 1. The lowest BCUT2D eigenvalue weighted by molar-refractivity contribution is -0.0139. The number of guanidine groups is 1. The largest absolute Gasteiger partial charge is 0.381 e. The van der Waals surface area contributed by atoms with E-state index < -0.39 is 0 Å². The Morgan fingerprint density at radius 1 is 1.22 bits per heavy atom. The van der Waals surface area contributed by atoms with Gasteiger partial charge in [0, 0.05) is 36.9 Å². The second kappa shape index (κ2) is 10.3. The molecule has 0 atom stereocenters. The number of hydrogen-bond acceptors (Lipinski definition) is 3. The predicted molar refractivity (Wildman–Crippen MR) is 113 cm³/mol. The van der Waals surface area contributed by atoms with Crippen LogP contribution in [0.1, 0.15) is 38.2 Å². The first-order valence-electron chi connectivity index (χ1n) is 10.3. The van der Waals surface area contributed by atoms with Crippen LogP contribution in [0.3, 0.4) is 0 Å². The number of aliphatic imine (C=N–C) groups is 1. The fourth-order valence-electron chi connectivity index (χ4n) is 4.10. The molecule has 0 bridgehead atoms. The van der Waals surface area contributed by atoms with Crippen LogP contribution in [0.5, 0.6) is 0 Å². The van der Waals surface area contributed by atoms with E-state index >= 15 is 0 Å². The number of nitrogens with zero attached hydrogens (tertiary/aromatic N) is 2. The summed E-state index contributed by atoms with van der Waals surface area (Å²) in [6, 6.07) is 8.05. The van der Waals surface area contributed by atoms with E-state index in [1.165, 1.54) is 31.5 Å². The van der Waals surface area contributed by atoms with Gasteiger partial charge in [0.2, 0.25) is 0 Å². The van der Waals surface area contributed by atoms with Crippen LogP contribution in [0.15, 0.2) is 29.3 Å². The maximum Gasteiger partial charge on any atom is 0.191 e. The normalized spacial score (nSPS) is 20.6. The molecule has 2 heterocycles. The summed E-state index contributed by atoms with van der Waals surface area (Å²) in [6.07, 6.45) is 5.71. The monoisotopic (exact) mass is 392 g/mol. The van der Waals surface area contributed by atoms with Crippen molar-refractivity contribution in [1.82, 2.24) is 15.5 Å². The zero-order chi connectivity index (χ0) is 19.0. The van der Waals surface area contributed by atoms with E-state index in [9.17, 15) is 0 Å². The van der Waals surface area contributed by atoms with Gasteiger partial charge in [-0.2, -0.15) is 0 Å². The molecule has 1 aromatic rings. The van der Waals surface area contributed by atoms with Gasteiger partial charge in [-0.05, 0) is 69.8 Å². The van der Waals surface area contributed by atoms with E-state index in [0.29, 0.717) is 0 Å². The molecular weight excluding hydrogens is 360 g/mol. The van der Waals surface area contributed by atoms with Gasteiger partial charge in [0.15, 0.2) is 5.96 Å². The van der Waals surface area contributed by atoms with Crippen molar-refractivity contribution in [2.24, 2.45) is 4.99 Å². The number of likely N-dealkylation sites (tertiary alicyclic amines) is 1. The third-order valence-corrected chi connectivity index (χ3v) is 5.91. The molecule has 5 nitrogen and oxygen atoms in total. The van der Waals surface area contributed by atoms with Gasteiger partial charge in [0.05, 0.1) is 6.54 Å². The average Bonchev–Trinajstić information content (AvgIpc) is 3.22. The van der Waals surface area contributed by atoms with E-state index in [-0.39, 0.29) is 5.54 Å². The number of benzene rings is 1. The number of hydrogen-bond donors (Lipinski definition) is 2. The number of rotatable bonds is 7. The third-order valence-electron chi connectivity index (χ3n) is 5.67. The smallest absolute Gasteiger partial charge is 0.191 e. The minimum Gasteiger partial charge on any atom is -0.381 e. The predicted octanol–water partition coefficient (Wildman–Crippen LogP) is 3.08. The van der Waals surface area contributed by atoms with Crippen LogP contribution in [-0.2, 0) is 11.2 Å². The molecule has 6 heteroatoms. The topological polar surface area (TPSA) is 48.9 Å². The highest BCUT2D eigenvalue weighted by molar-refractivity contribution is 6.30. The molecule has 1 aromatic carbocycles. The summed E-state index contributed by atoms with van der Waals surface area (Å²) in [5, 5.41) is 7.66. The van der Waals surface area contributed by atoms with Crippen molar-refractivity contribution >= 4 is 17.6 Å². The van der Waals surface area contributed by atoms with Gasteiger partial charge in [-0.1, -0.05) is 23.7 Å². The van der Waals surface area contributed by atoms with Crippen LogP contribution in [0.4, 0.5) is 0 Å². The van der Waals surface area contributed by atoms with Gasteiger partial charge in [-0.3, -0.25) is 9.89 Å². The van der Waals surface area contributed by atoms with Crippen molar-refractivity contribution in [3.8, 4) is 0 Å². The van der Waals surface area contributed by atoms with Gasteiger partial charge < -0.3 is 15.4 Å². The molecule has 27 heavy (non-hydrogen) atoms. The molecular formula is C21H33ClN4O. The Bertz CT molecular complexity index is 610. The Morgan fingerprint density at radius 2 is 2.00 bits per heavy atom. The summed E-state index contributed by atoms with van der Waals surface area (Å²) in [6.45, 7) is 8.76. The SMILES string of the molecule is CCNC(=NCC1(N2CCCC2)CCOCC1)NCCc1cccc(Cl)c1. The van der Waals surface area contributed by atoms with Crippen LogP contribution in [0, 0.1) is 0 Å². The summed E-state index contributed by atoms with van der Waals surface area (Å²) < 4.78 is 5.64. The van der Waals surface area contributed by atoms with Gasteiger partial charge >= 0.3 is 0 Å². The summed E-state index contributed by atoms with van der Waals surface area (Å²) in [4.78, 5) is 7.64. The molecule has 2 N–H and O–H groups in total. The maximum atomic E-state index is 6.08. The molecule has 2 fully saturated rings. The van der Waals surface area contributed by atoms with Gasteiger partial charge in [0.1, 0.15) is 0 Å². The molecule has 0 aromatic heterocycles. The first kappa shape index (κ1) is 20.4. The van der Waals surface area contributed by atoms with Crippen molar-refractivity contribution in [1.29, 1.82) is 0 Å². The van der Waals surface area contributed by atoms with Gasteiger partial charge in [0.25, 0.3) is 0 Å². The number of ether oxygens (including phenoxy) is 1. The van der Waals surface area contributed by atoms with Crippen molar-refractivity contribution in [3.63, 3.8) is 0 Å². The fraction of sp³-hybridized carbons (Fsp3) is 0.667. The van der Waals surface area contributed by atoms with Crippen LogP contribution in [0.25, 0.3) is 0 Å². The molecule has 2 aliphatic rings. The zero-order valence-electron chi connectivity index (χ0n) is 16.5. The second-order valence-electron chi connectivity index (χ2n) is 7.53. The number of nitrogens with one attached hydrogen (secondary N) is 2. The maximum absolute atomic E-state index is 6.08. The first-order chi connectivity index (χ1) is 13.2. The Morgan fingerprint density at radius 3 is 2.70 bits per heavy atom. The van der Waals surface area contributed by atoms with Crippen LogP contribution in [0.2, 0.25) is 5.02 Å². The van der Waals surface area contributed by atoms with E-state index in [4.69, 9.17) is 21.3 Å². The molecule has 0 aliphatic carbocycles. The zero-order valence-corrected chi connectivity index (χ0v) is 17.2. The standard InChI is InChI=1S/C21H33ClN4O/c1-2-23-20(24-11-8-18-6-5-7-19(22)16-18)25-17-21(9-14-27-15-10-21)26-12-3-4-13-26/h5-7,16H,2-4,8-15,17H2,1H3,(H2,23,24,25). The van der Waals surface area contributed by atoms with Gasteiger partial charge in [-0.15, -0.1) is 0 Å². The molecule has 3 rings (SSSR count).